The first kappa shape index (κ1) is 91.3. The van der Waals surface area contributed by atoms with Gasteiger partial charge in [0.1, 0.15) is 36.1 Å². The number of aliphatic imine (C=N–C) groups is 1. The fourth-order valence-corrected chi connectivity index (χ4v) is 9.94. The Bertz CT molecular complexity index is 3380. The second-order valence-electron chi connectivity index (χ2n) is 20.0. The Morgan fingerprint density at radius 1 is 0.578 bits per heavy atom. The Labute approximate surface area is 787 Å². The van der Waals surface area contributed by atoms with Crippen LogP contribution < -0.4 is 369 Å². The van der Waals surface area contributed by atoms with Gasteiger partial charge in [-0.25, -0.2) is 4.79 Å². The van der Waals surface area contributed by atoms with Gasteiger partial charge >= 0.3 is 314 Å². The van der Waals surface area contributed by atoms with E-state index in [0.29, 0.717) is 6.42 Å². The van der Waals surface area contributed by atoms with E-state index < -0.39 is 97.8 Å². The maximum Gasteiger partial charge on any atom is 1.00 e. The molecule has 0 bridgehead atoms. The van der Waals surface area contributed by atoms with Crippen LogP contribution in [0.4, 0.5) is 22.7 Å². The van der Waals surface area contributed by atoms with E-state index in [1.165, 1.54) is 125 Å². The van der Waals surface area contributed by atoms with Crippen LogP contribution in [-0.2, 0) is 19.2 Å². The van der Waals surface area contributed by atoms with Gasteiger partial charge in [-0.1, -0.05) is 132 Å². The molecule has 2 N–H and O–H groups in total. The third-order valence-electron chi connectivity index (χ3n) is 13.6. The number of benzene rings is 5. The molecule has 1 aliphatic heterocycles. The van der Waals surface area contributed by atoms with Gasteiger partial charge in [0.25, 0.3) is 5.91 Å². The number of carbonyl (C=O) groups excluding carboxylic acids is 5. The van der Waals surface area contributed by atoms with E-state index in [4.69, 9.17) is 37.1 Å². The van der Waals surface area contributed by atoms with Crippen molar-refractivity contribution in [2.24, 2.45) is 4.99 Å². The summed E-state index contributed by atoms with van der Waals surface area (Å²) in [4.78, 5) is 92.6. The van der Waals surface area contributed by atoms with Crippen molar-refractivity contribution in [3.8, 4) is 39.7 Å². The molecular formula is C61H62Cl2K6N4O17. The Morgan fingerprint density at radius 3 is 1.57 bits per heavy atom. The van der Waals surface area contributed by atoms with Crippen LogP contribution >= 0.6 is 23.2 Å². The van der Waals surface area contributed by atoms with Crippen LogP contribution in [0.1, 0.15) is 130 Å². The number of fused-ring (bicyclic) bond motifs is 2. The first-order valence-corrected chi connectivity index (χ1v) is 28.3. The number of carbonyl (C=O) groups is 6. The summed E-state index contributed by atoms with van der Waals surface area (Å²) in [5, 5.41) is 85.6. The summed E-state index contributed by atoms with van der Waals surface area (Å²) in [5.74, 6) is -10.5. The second kappa shape index (κ2) is 48.1. The van der Waals surface area contributed by atoms with Crippen LogP contribution in [0.3, 0.4) is 0 Å². The number of carboxylic acids is 5. The molecule has 1 amide bonds. The van der Waals surface area contributed by atoms with Gasteiger partial charge in [-0.15, -0.1) is 0 Å². The van der Waals surface area contributed by atoms with E-state index in [9.17, 15) is 69.3 Å². The number of nitrogens with zero attached hydrogens (tertiary/aromatic N) is 3. The topological polar surface area (TPSA) is 341 Å². The number of rotatable bonds is 36. The minimum Gasteiger partial charge on any atom is -0.871 e. The monoisotopic (exact) mass is 1430 g/mol. The van der Waals surface area contributed by atoms with Gasteiger partial charge in [-0.05, 0) is 78.9 Å². The molecule has 0 unspecified atom stereocenters. The number of unbranched alkanes of at least 4 members (excludes halogenated alkanes) is 14. The van der Waals surface area contributed by atoms with E-state index in [1.807, 2.05) is 0 Å². The zero-order chi connectivity index (χ0) is 60.9. The van der Waals surface area contributed by atoms with Gasteiger partial charge in [0.2, 0.25) is 5.43 Å². The van der Waals surface area contributed by atoms with Crippen molar-refractivity contribution in [2.45, 2.75) is 110 Å². The number of nitrogens with one attached hydrogen (secondary N) is 1. The standard InChI is InChI=1S/C61H68Cl2N4O17.6K/c1-2-3-4-5-6-7-8-9-10-11-12-13-14-15-16-17-54(70)64-38-19-22-46(66(33-55(71)72)34-56(73)74)52(27-38)82-24-25-83-53-28-39(20-23-47(53)67(35-57(75)76)36-58(77)78)65-60(79)37-18-21-40(41(26-37)61(80)81)59-42-29-44(62)48(68)31-50(42)84-51-32-49(69)45(63)30-43(51)59;;;;;;/h18-23,26-32,68H,2-17,24-25,33-36H2,1H3,(H,64,70)(H,65,79)(H,71,72)(H,73,74)(H,75,76)(H,77,78)(H,80,81);;;;;;/q;6*+1/p-6. The minimum atomic E-state index is -1.69. The maximum absolute atomic E-state index is 14.0. The molecular weight excluding hydrogens is 1370 g/mol. The number of aromatic carboxylic acids is 1. The number of hydrogen-bond acceptors (Lipinski definition) is 19. The van der Waals surface area contributed by atoms with Gasteiger partial charge in [-0.3, -0.25) is 14.6 Å². The number of aliphatic carboxylic acids is 4. The van der Waals surface area contributed by atoms with Crippen LogP contribution in [0, 0.1) is 0 Å². The van der Waals surface area contributed by atoms with E-state index in [0.717, 1.165) is 53.7 Å². The van der Waals surface area contributed by atoms with Crippen molar-refractivity contribution in [3.05, 3.63) is 110 Å². The molecule has 0 aromatic heterocycles. The van der Waals surface area contributed by atoms with E-state index in [-0.39, 0.29) is 398 Å². The zero-order valence-electron chi connectivity index (χ0n) is 52.1. The Balaban J connectivity index is 0.0000132. The number of ether oxygens (including phenoxy) is 2. The average molecular weight is 1430 g/mol. The normalized spacial score (nSPS) is 10.6. The fraction of sp³-hybridized carbons (Fsp3) is 0.377. The molecule has 0 fully saturated rings. The van der Waals surface area contributed by atoms with Crippen molar-refractivity contribution < 1.29 is 387 Å². The first-order chi connectivity index (χ1) is 40.2. The smallest absolute Gasteiger partial charge is 0.871 e. The largest absolute Gasteiger partial charge is 1.00 e. The van der Waals surface area contributed by atoms with Crippen LogP contribution in [-0.4, -0.2) is 86.2 Å². The molecule has 0 radical (unpaired) electrons. The number of halogens is 2. The molecule has 4 aromatic carbocycles. The Morgan fingerprint density at radius 2 is 1.07 bits per heavy atom. The number of amides is 1. The summed E-state index contributed by atoms with van der Waals surface area (Å²) in [5.41, 5.74) is -1.10. The molecule has 1 aliphatic carbocycles. The van der Waals surface area contributed by atoms with Crippen molar-refractivity contribution in [1.29, 1.82) is 0 Å². The summed E-state index contributed by atoms with van der Waals surface area (Å²) in [7, 11) is 0. The minimum absolute atomic E-state index is 0. The van der Waals surface area contributed by atoms with Crippen molar-refractivity contribution >= 4 is 98.6 Å². The van der Waals surface area contributed by atoms with Gasteiger partial charge in [0.05, 0.1) is 77.7 Å². The Kier molecular flexibility index (Phi) is 48.8. The molecule has 0 atom stereocenters. The summed E-state index contributed by atoms with van der Waals surface area (Å²) >= 11 is 12.4. The number of hydrogen-bond donors (Lipinski definition) is 2. The Hall–Kier alpha value is 1.26. The van der Waals surface area contributed by atoms with Crippen LogP contribution in [0.5, 0.6) is 17.2 Å². The van der Waals surface area contributed by atoms with Crippen LogP contribution in [0.2, 0.25) is 10.0 Å². The molecule has 4 aromatic rings. The number of anilines is 3. The predicted molar refractivity (Wildman–Crippen MR) is 304 cm³/mol. The van der Waals surface area contributed by atoms with Gasteiger partial charge in [0, 0.05) is 51.0 Å². The maximum atomic E-state index is 14.0. The molecule has 0 saturated heterocycles. The van der Waals surface area contributed by atoms with Crippen LogP contribution in [0.25, 0.3) is 33.4 Å². The molecule has 0 spiro atoms. The van der Waals surface area contributed by atoms with Crippen molar-refractivity contribution in [1.82, 2.24) is 0 Å². The third kappa shape index (κ3) is 30.0. The van der Waals surface area contributed by atoms with Gasteiger partial charge < -0.3 is 83.9 Å². The molecule has 2 aliphatic rings. The molecule has 448 valence electrons. The molecule has 6 rings (SSSR count). The summed E-state index contributed by atoms with van der Waals surface area (Å²) in [6, 6.07) is 16.0. The molecule has 90 heavy (non-hydrogen) atoms. The van der Waals surface area contributed by atoms with Crippen molar-refractivity contribution in [3.63, 3.8) is 0 Å². The summed E-state index contributed by atoms with van der Waals surface area (Å²) in [6.45, 7) is -2.44. The molecule has 0 saturated carbocycles. The SMILES string of the molecule is CCCCCCCCCCCCCCCCCC([O-])=Nc1ccc(N(CC(=O)[O-])CC(=O)[O-])c(OCCOc2cc(NC(=O)c3ccc(-c4c5cc(Cl)c(=O)cc-5oc5cc([O-])c(Cl)cc45)c(C(=O)O)c3)ccc2N(CC(=O)[O-])CC(=O)[O-])c1.[K+].[K+].[K+].[K+].[K+].[K+]. The quantitative estimate of drug-likeness (QED) is 0.0121. The van der Waals surface area contributed by atoms with Gasteiger partial charge in [0.15, 0.2) is 0 Å². The summed E-state index contributed by atoms with van der Waals surface area (Å²) < 4.78 is 17.8. The molecule has 21 nitrogen and oxygen atoms in total. The van der Waals surface area contributed by atoms with Crippen LogP contribution in [0.15, 0.2) is 93.1 Å². The van der Waals surface area contributed by atoms with E-state index in [1.54, 1.807) is 0 Å². The first-order valence-electron chi connectivity index (χ1n) is 27.6. The van der Waals surface area contributed by atoms with Crippen molar-refractivity contribution in [2.75, 3.05) is 54.5 Å². The van der Waals surface area contributed by atoms with Gasteiger partial charge in [-0.2, -0.15) is 0 Å². The summed E-state index contributed by atoms with van der Waals surface area (Å²) in [6.07, 6.45) is 17.5. The number of carboxylic acid groups (broad SMARTS) is 5. The molecule has 29 heteroatoms. The fourth-order valence-electron chi connectivity index (χ4n) is 9.61. The average Bonchev–Trinajstić information content (AvgIpc) is 0.785. The predicted octanol–water partition coefficient (Wildman–Crippen LogP) is -12.4. The van der Waals surface area contributed by atoms with E-state index in [2.05, 4.69) is 17.2 Å². The third-order valence-corrected chi connectivity index (χ3v) is 14.2. The molecule has 1 heterocycles. The van der Waals surface area contributed by atoms with E-state index >= 15 is 0 Å². The zero-order valence-corrected chi connectivity index (χ0v) is 72.4. The second-order valence-corrected chi connectivity index (χ2v) is 20.8.